The van der Waals surface area contributed by atoms with E-state index < -0.39 is 6.10 Å². The second kappa shape index (κ2) is 6.23. The van der Waals surface area contributed by atoms with E-state index in [1.54, 1.807) is 0 Å². The quantitative estimate of drug-likeness (QED) is 0.877. The van der Waals surface area contributed by atoms with Crippen molar-refractivity contribution in [3.63, 3.8) is 0 Å². The van der Waals surface area contributed by atoms with Gasteiger partial charge in [-0.05, 0) is 44.7 Å². The van der Waals surface area contributed by atoms with Crippen LogP contribution >= 0.6 is 0 Å². The number of rotatable bonds is 3. The zero-order valence-electron chi connectivity index (χ0n) is 14.1. The molecule has 126 valence electrons. The van der Waals surface area contributed by atoms with E-state index in [2.05, 4.69) is 19.1 Å². The fourth-order valence-corrected chi connectivity index (χ4v) is 4.27. The first-order valence-electron chi connectivity index (χ1n) is 8.36. The van der Waals surface area contributed by atoms with Gasteiger partial charge in [0.1, 0.15) is 0 Å². The summed E-state index contributed by atoms with van der Waals surface area (Å²) < 4.78 is 0. The van der Waals surface area contributed by atoms with Crippen molar-refractivity contribution >= 4 is 11.6 Å². The molecule has 2 heterocycles. The predicted molar refractivity (Wildman–Crippen MR) is 89.6 cm³/mol. The molecule has 0 unspecified atom stereocenters. The molecule has 0 saturated carbocycles. The molecule has 2 aliphatic heterocycles. The van der Waals surface area contributed by atoms with Gasteiger partial charge in [-0.25, -0.2) is 0 Å². The molecule has 3 rings (SSSR count). The van der Waals surface area contributed by atoms with Gasteiger partial charge in [-0.15, -0.1) is 0 Å². The van der Waals surface area contributed by atoms with E-state index in [-0.39, 0.29) is 24.6 Å². The van der Waals surface area contributed by atoms with Gasteiger partial charge in [0.25, 0.3) is 0 Å². The fraction of sp³-hybridized carbons (Fsp3) is 0.611. The van der Waals surface area contributed by atoms with Crippen LogP contribution in [0.5, 0.6) is 0 Å². The topological polar surface area (TPSA) is 64.0 Å². The number of aliphatic hydroxyl groups excluding tert-OH is 2. The molecule has 2 aliphatic rings. The monoisotopic (exact) mass is 318 g/mol. The summed E-state index contributed by atoms with van der Waals surface area (Å²) in [5.41, 5.74) is 4.46. The Hall–Kier alpha value is -1.43. The summed E-state index contributed by atoms with van der Waals surface area (Å²) in [5, 5.41) is 19.4. The molecule has 0 aliphatic carbocycles. The Balaban J connectivity index is 1.85. The Bertz CT molecular complexity index is 593. The smallest absolute Gasteiger partial charge is 0.244 e. The number of β-amino-alcohol motifs (C(OH)–C–C–N with tert-alkyl or cyclic N) is 1. The van der Waals surface area contributed by atoms with Gasteiger partial charge >= 0.3 is 0 Å². The average molecular weight is 318 g/mol. The van der Waals surface area contributed by atoms with Crippen molar-refractivity contribution in [2.45, 2.75) is 51.8 Å². The van der Waals surface area contributed by atoms with Gasteiger partial charge < -0.3 is 15.1 Å². The minimum atomic E-state index is -0.447. The van der Waals surface area contributed by atoms with Crippen molar-refractivity contribution in [2.75, 3.05) is 24.6 Å². The molecule has 1 aromatic carbocycles. The number of anilines is 1. The number of benzene rings is 1. The van der Waals surface area contributed by atoms with Crippen molar-refractivity contribution in [3.05, 3.63) is 28.8 Å². The van der Waals surface area contributed by atoms with Crippen LogP contribution < -0.4 is 4.90 Å². The standard InChI is InChI=1S/C18H26N2O3/c1-11-6-12(2)17(13(3)7-11)19-5-4-16(18(19)23)20-9-15(22)8-14(20)10-21/h6-7,14-16,21-22H,4-5,8-10H2,1-3H3/t14-,15-,16-/m0/s1. The minimum Gasteiger partial charge on any atom is -0.395 e. The van der Waals surface area contributed by atoms with Gasteiger partial charge in [0.15, 0.2) is 0 Å². The van der Waals surface area contributed by atoms with Crippen molar-refractivity contribution < 1.29 is 15.0 Å². The van der Waals surface area contributed by atoms with E-state index in [9.17, 15) is 15.0 Å². The maximum absolute atomic E-state index is 13.0. The van der Waals surface area contributed by atoms with Gasteiger partial charge in [0.2, 0.25) is 5.91 Å². The molecule has 1 amide bonds. The highest BCUT2D eigenvalue weighted by atomic mass is 16.3. The van der Waals surface area contributed by atoms with Crippen LogP contribution in [0.4, 0.5) is 5.69 Å². The maximum Gasteiger partial charge on any atom is 0.244 e. The molecule has 2 saturated heterocycles. The van der Waals surface area contributed by atoms with E-state index in [0.29, 0.717) is 19.5 Å². The number of aryl methyl sites for hydroxylation is 3. The SMILES string of the molecule is Cc1cc(C)c(N2CC[C@H](N3C[C@@H](O)C[C@H]3CO)C2=O)c(C)c1. The van der Waals surface area contributed by atoms with Gasteiger partial charge in [-0.3, -0.25) is 9.69 Å². The second-order valence-electron chi connectivity index (χ2n) is 6.96. The Labute approximate surface area is 137 Å². The first-order chi connectivity index (χ1) is 10.9. The van der Waals surface area contributed by atoms with Crippen molar-refractivity contribution in [1.29, 1.82) is 0 Å². The van der Waals surface area contributed by atoms with Crippen LogP contribution in [0, 0.1) is 20.8 Å². The molecule has 3 atom stereocenters. The zero-order chi connectivity index (χ0) is 16.7. The van der Waals surface area contributed by atoms with Crippen LogP contribution in [0.25, 0.3) is 0 Å². The molecule has 2 N–H and O–H groups in total. The summed E-state index contributed by atoms with van der Waals surface area (Å²) >= 11 is 0. The average Bonchev–Trinajstić information content (AvgIpc) is 3.01. The highest BCUT2D eigenvalue weighted by molar-refractivity contribution is 6.00. The van der Waals surface area contributed by atoms with Gasteiger partial charge in [0, 0.05) is 24.8 Å². The molecule has 5 heteroatoms. The fourth-order valence-electron chi connectivity index (χ4n) is 4.27. The summed E-state index contributed by atoms with van der Waals surface area (Å²) in [7, 11) is 0. The van der Waals surface area contributed by atoms with Gasteiger partial charge in [0.05, 0.1) is 18.8 Å². The number of carbonyl (C=O) groups excluding carboxylic acids is 1. The van der Waals surface area contributed by atoms with Crippen LogP contribution in [0.15, 0.2) is 12.1 Å². The molecular formula is C18H26N2O3. The molecule has 23 heavy (non-hydrogen) atoms. The highest BCUT2D eigenvalue weighted by Gasteiger charge is 2.43. The third-order valence-corrected chi connectivity index (χ3v) is 5.13. The van der Waals surface area contributed by atoms with E-state index in [1.165, 1.54) is 5.56 Å². The van der Waals surface area contributed by atoms with Crippen LogP contribution in [0.3, 0.4) is 0 Å². The summed E-state index contributed by atoms with van der Waals surface area (Å²) in [6.07, 6.45) is 0.842. The predicted octanol–water partition coefficient (Wildman–Crippen LogP) is 1.14. The Morgan fingerprint density at radius 2 is 1.87 bits per heavy atom. The zero-order valence-corrected chi connectivity index (χ0v) is 14.1. The second-order valence-corrected chi connectivity index (χ2v) is 6.96. The van der Waals surface area contributed by atoms with Crippen LogP contribution in [-0.4, -0.2) is 58.9 Å². The largest absolute Gasteiger partial charge is 0.395 e. The number of likely N-dealkylation sites (tertiary alicyclic amines) is 1. The van der Waals surface area contributed by atoms with Crippen LogP contribution in [0.2, 0.25) is 0 Å². The number of amides is 1. The lowest BCUT2D eigenvalue weighted by molar-refractivity contribution is -0.122. The maximum atomic E-state index is 13.0. The summed E-state index contributed by atoms with van der Waals surface area (Å²) in [6.45, 7) is 7.32. The lowest BCUT2D eigenvalue weighted by Gasteiger charge is -2.28. The van der Waals surface area contributed by atoms with E-state index in [4.69, 9.17) is 0 Å². The molecule has 5 nitrogen and oxygen atoms in total. The molecule has 0 aromatic heterocycles. The first-order valence-corrected chi connectivity index (χ1v) is 8.36. The van der Waals surface area contributed by atoms with Gasteiger partial charge in [-0.2, -0.15) is 0 Å². The molecule has 0 spiro atoms. The third-order valence-electron chi connectivity index (χ3n) is 5.13. The van der Waals surface area contributed by atoms with Crippen LogP contribution in [-0.2, 0) is 4.79 Å². The van der Waals surface area contributed by atoms with Crippen molar-refractivity contribution in [2.24, 2.45) is 0 Å². The molecule has 0 radical (unpaired) electrons. The van der Waals surface area contributed by atoms with Gasteiger partial charge in [-0.1, -0.05) is 17.7 Å². The molecule has 0 bridgehead atoms. The Kier molecular flexibility index (Phi) is 4.45. The molecule has 2 fully saturated rings. The third kappa shape index (κ3) is 2.89. The summed E-state index contributed by atoms with van der Waals surface area (Å²) in [5.74, 6) is 0.0904. The van der Waals surface area contributed by atoms with E-state index >= 15 is 0 Å². The summed E-state index contributed by atoms with van der Waals surface area (Å²) in [4.78, 5) is 16.8. The molecule has 1 aromatic rings. The van der Waals surface area contributed by atoms with Crippen molar-refractivity contribution in [1.82, 2.24) is 4.90 Å². The van der Waals surface area contributed by atoms with Crippen LogP contribution in [0.1, 0.15) is 29.5 Å². The first kappa shape index (κ1) is 16.4. The van der Waals surface area contributed by atoms with Crippen molar-refractivity contribution in [3.8, 4) is 0 Å². The molecular weight excluding hydrogens is 292 g/mol. The Morgan fingerprint density at radius 1 is 1.22 bits per heavy atom. The Morgan fingerprint density at radius 3 is 2.48 bits per heavy atom. The number of carbonyl (C=O) groups is 1. The lowest BCUT2D eigenvalue weighted by Crippen LogP contribution is -2.46. The lowest BCUT2D eigenvalue weighted by atomic mass is 10.0. The number of hydrogen-bond acceptors (Lipinski definition) is 4. The highest BCUT2D eigenvalue weighted by Crippen LogP contribution is 2.33. The number of hydrogen-bond donors (Lipinski definition) is 2. The van der Waals surface area contributed by atoms with E-state index in [0.717, 1.165) is 23.2 Å². The normalized spacial score (nSPS) is 28.8. The van der Waals surface area contributed by atoms with E-state index in [1.807, 2.05) is 23.6 Å². The summed E-state index contributed by atoms with van der Waals surface area (Å²) in [6, 6.07) is 3.88. The number of aliphatic hydroxyl groups is 2. The number of nitrogens with zero attached hydrogens (tertiary/aromatic N) is 2. The minimum absolute atomic E-state index is 0.0105.